The summed E-state index contributed by atoms with van der Waals surface area (Å²) in [4.78, 5) is 0. The third-order valence-corrected chi connectivity index (χ3v) is 7.11. The van der Waals surface area contributed by atoms with Crippen LogP contribution in [0.1, 0.15) is 110 Å². The van der Waals surface area contributed by atoms with E-state index in [-0.39, 0.29) is 24.0 Å². The quantitative estimate of drug-likeness (QED) is 0.153. The van der Waals surface area contributed by atoms with E-state index < -0.39 is 0 Å². The van der Waals surface area contributed by atoms with Gasteiger partial charge in [-0.05, 0) is 12.2 Å². The minimum atomic E-state index is 0. The minimum Gasteiger partial charge on any atom is -1.00 e. The first kappa shape index (κ1) is 27.0. The topological polar surface area (TPSA) is 0 Å². The Morgan fingerprint density at radius 2 is 1.04 bits per heavy atom. The first-order valence-electron chi connectivity index (χ1n) is 11.7. The van der Waals surface area contributed by atoms with Crippen LogP contribution in [0, 0.1) is 0 Å². The highest BCUT2D eigenvalue weighted by Gasteiger charge is 2.25. The molecule has 0 radical (unpaired) electrons. The van der Waals surface area contributed by atoms with E-state index in [1.54, 1.807) is 0 Å². The van der Waals surface area contributed by atoms with Gasteiger partial charge in [0.25, 0.3) is 0 Å². The van der Waals surface area contributed by atoms with Crippen LogP contribution in [0.2, 0.25) is 0 Å². The Morgan fingerprint density at radius 1 is 0.615 bits per heavy atom. The van der Waals surface area contributed by atoms with Crippen LogP contribution in [0.15, 0.2) is 0 Å². The molecule has 26 heavy (non-hydrogen) atoms. The molecule has 1 heterocycles. The highest BCUT2D eigenvalue weighted by molar-refractivity contribution is 7.99. The van der Waals surface area contributed by atoms with Crippen LogP contribution in [-0.2, 0) is 0 Å². The van der Waals surface area contributed by atoms with Crippen LogP contribution in [0.3, 0.4) is 0 Å². The van der Waals surface area contributed by atoms with Crippen LogP contribution < -0.4 is 24.0 Å². The molecule has 0 aliphatic carbocycles. The molecule has 0 spiro atoms. The maximum Gasteiger partial charge on any atom is 0.0876 e. The summed E-state index contributed by atoms with van der Waals surface area (Å²) in [6.45, 7) is 6.57. The number of likely N-dealkylation sites (tertiary alicyclic amines) is 1. The zero-order valence-electron chi connectivity index (χ0n) is 18.1. The number of thioether (sulfide) groups is 1. The highest BCUT2D eigenvalue weighted by atomic mass is 127. The average molecular weight is 498 g/mol. The molecule has 0 bridgehead atoms. The zero-order chi connectivity index (χ0) is 18.1. The Hall–Kier alpha value is 1.04. The molecule has 1 rings (SSSR count). The van der Waals surface area contributed by atoms with Gasteiger partial charge in [0, 0.05) is 18.6 Å². The van der Waals surface area contributed by atoms with Crippen molar-refractivity contribution in [1.82, 2.24) is 0 Å². The molecule has 0 atom stereocenters. The van der Waals surface area contributed by atoms with Gasteiger partial charge in [-0.15, -0.1) is 0 Å². The van der Waals surface area contributed by atoms with Gasteiger partial charge in [-0.2, -0.15) is 11.8 Å². The van der Waals surface area contributed by atoms with Crippen molar-refractivity contribution in [2.24, 2.45) is 0 Å². The molecule has 0 unspecified atom stereocenters. The maximum atomic E-state index is 2.46. The second kappa shape index (κ2) is 19.4. The van der Waals surface area contributed by atoms with Gasteiger partial charge in [-0.3, -0.25) is 0 Å². The van der Waals surface area contributed by atoms with Crippen molar-refractivity contribution >= 4 is 11.8 Å². The number of hydrogen-bond acceptors (Lipinski definition) is 1. The lowest BCUT2D eigenvalue weighted by molar-refractivity contribution is -0.895. The van der Waals surface area contributed by atoms with Crippen molar-refractivity contribution in [3.8, 4) is 0 Å². The first-order chi connectivity index (χ1) is 12.3. The SMILES string of the molecule is CCCCCCCCCCCCCCCCSCC[N+]1(C)CCCC1.[I-]. The molecule has 158 valence electrons. The number of quaternary nitrogens is 1. The molecule has 0 aromatic rings. The smallest absolute Gasteiger partial charge is 0.0876 e. The number of hydrogen-bond donors (Lipinski definition) is 0. The fraction of sp³-hybridized carbons (Fsp3) is 1.00. The Balaban J connectivity index is 0.00000625. The fourth-order valence-corrected chi connectivity index (χ4v) is 5.29. The zero-order valence-corrected chi connectivity index (χ0v) is 21.1. The second-order valence-electron chi connectivity index (χ2n) is 8.71. The second-order valence-corrected chi connectivity index (χ2v) is 9.93. The van der Waals surface area contributed by atoms with Gasteiger partial charge >= 0.3 is 0 Å². The van der Waals surface area contributed by atoms with E-state index in [9.17, 15) is 0 Å². The van der Waals surface area contributed by atoms with Crippen LogP contribution in [-0.4, -0.2) is 42.7 Å². The summed E-state index contributed by atoms with van der Waals surface area (Å²) in [5.41, 5.74) is 0. The van der Waals surface area contributed by atoms with E-state index in [1.165, 1.54) is 138 Å². The number of unbranched alkanes of at least 4 members (excludes halogenated alkanes) is 13. The molecule has 0 N–H and O–H groups in total. The molecule has 1 fully saturated rings. The van der Waals surface area contributed by atoms with E-state index in [0.29, 0.717) is 0 Å². The van der Waals surface area contributed by atoms with Crippen LogP contribution in [0.5, 0.6) is 0 Å². The van der Waals surface area contributed by atoms with E-state index in [2.05, 4.69) is 25.7 Å². The Morgan fingerprint density at radius 3 is 1.50 bits per heavy atom. The van der Waals surface area contributed by atoms with E-state index in [0.717, 1.165) is 0 Å². The Labute approximate surface area is 187 Å². The van der Waals surface area contributed by atoms with Gasteiger partial charge in [0.15, 0.2) is 0 Å². The summed E-state index contributed by atoms with van der Waals surface area (Å²) in [5, 5.41) is 0. The van der Waals surface area contributed by atoms with Crippen LogP contribution in [0.4, 0.5) is 0 Å². The molecular formula is C23H48INS. The van der Waals surface area contributed by atoms with Crippen molar-refractivity contribution in [3.63, 3.8) is 0 Å². The molecule has 1 aliphatic rings. The number of nitrogens with zero attached hydrogens (tertiary/aromatic N) is 1. The first-order valence-corrected chi connectivity index (χ1v) is 12.8. The summed E-state index contributed by atoms with van der Waals surface area (Å²) >= 11 is 2.21. The standard InChI is InChI=1S/C23H48NS.HI/c1-3-4-5-6-7-8-9-10-11-12-13-14-15-18-22-25-23-21-24(2)19-16-17-20-24;/h3-23H2,1-2H3;1H/q+1;/p-1. The lowest BCUT2D eigenvalue weighted by atomic mass is 10.0. The summed E-state index contributed by atoms with van der Waals surface area (Å²) < 4.78 is 1.35. The number of halogens is 1. The summed E-state index contributed by atoms with van der Waals surface area (Å²) in [7, 11) is 2.46. The van der Waals surface area contributed by atoms with Gasteiger partial charge < -0.3 is 28.5 Å². The van der Waals surface area contributed by atoms with Crippen LogP contribution >= 0.6 is 11.8 Å². The largest absolute Gasteiger partial charge is 1.00 e. The lowest BCUT2D eigenvalue weighted by Gasteiger charge is -2.28. The van der Waals surface area contributed by atoms with Gasteiger partial charge in [0.05, 0.1) is 26.7 Å². The van der Waals surface area contributed by atoms with Crippen molar-refractivity contribution in [2.75, 3.05) is 38.2 Å². The van der Waals surface area contributed by atoms with Crippen molar-refractivity contribution in [3.05, 3.63) is 0 Å². The van der Waals surface area contributed by atoms with Gasteiger partial charge in [-0.1, -0.05) is 90.4 Å². The maximum absolute atomic E-state index is 2.46. The Kier molecular flexibility index (Phi) is 20.1. The molecule has 0 amide bonds. The predicted molar refractivity (Wildman–Crippen MR) is 118 cm³/mol. The number of rotatable bonds is 18. The van der Waals surface area contributed by atoms with Gasteiger partial charge in [0.1, 0.15) is 0 Å². The van der Waals surface area contributed by atoms with Crippen molar-refractivity contribution in [1.29, 1.82) is 0 Å². The summed E-state index contributed by atoms with van der Waals surface area (Å²) in [6, 6.07) is 0. The molecular weight excluding hydrogens is 449 g/mol. The van der Waals surface area contributed by atoms with E-state index in [1.807, 2.05) is 0 Å². The predicted octanol–water partition coefficient (Wildman–Crippen LogP) is 4.45. The van der Waals surface area contributed by atoms with Gasteiger partial charge in [0.2, 0.25) is 0 Å². The van der Waals surface area contributed by atoms with Gasteiger partial charge in [-0.25, -0.2) is 0 Å². The molecule has 3 heteroatoms. The minimum absolute atomic E-state index is 0. The molecule has 0 aromatic carbocycles. The lowest BCUT2D eigenvalue weighted by Crippen LogP contribution is -3.00. The monoisotopic (exact) mass is 497 g/mol. The third kappa shape index (κ3) is 16.0. The van der Waals surface area contributed by atoms with E-state index >= 15 is 0 Å². The average Bonchev–Trinajstić information content (AvgIpc) is 3.04. The normalized spacial score (nSPS) is 15.9. The van der Waals surface area contributed by atoms with Crippen LogP contribution in [0.25, 0.3) is 0 Å². The summed E-state index contributed by atoms with van der Waals surface area (Å²) in [5.74, 6) is 2.78. The molecule has 0 saturated carbocycles. The molecule has 0 aromatic heterocycles. The third-order valence-electron chi connectivity index (χ3n) is 6.06. The summed E-state index contributed by atoms with van der Waals surface area (Å²) in [6.07, 6.45) is 23.5. The van der Waals surface area contributed by atoms with Crippen molar-refractivity contribution in [2.45, 2.75) is 110 Å². The van der Waals surface area contributed by atoms with Crippen molar-refractivity contribution < 1.29 is 28.5 Å². The Bertz CT molecular complexity index is 279. The fourth-order valence-electron chi connectivity index (χ4n) is 4.11. The highest BCUT2D eigenvalue weighted by Crippen LogP contribution is 2.18. The molecule has 1 saturated heterocycles. The molecule has 1 nitrogen and oxygen atoms in total. The van der Waals surface area contributed by atoms with E-state index in [4.69, 9.17) is 0 Å². The molecule has 1 aliphatic heterocycles.